The normalized spacial score (nSPS) is 12.2. The van der Waals surface area contributed by atoms with Crippen molar-refractivity contribution in [3.8, 4) is 0 Å². The Labute approximate surface area is 162 Å². The number of amides is 1. The quantitative estimate of drug-likeness (QED) is 0.636. The van der Waals surface area contributed by atoms with Crippen LogP contribution in [0.15, 0.2) is 41.4 Å². The molecule has 0 aliphatic heterocycles. The molecule has 0 spiro atoms. The number of nitrogens with one attached hydrogen (secondary N) is 1. The Kier molecular flexibility index (Phi) is 5.67. The van der Waals surface area contributed by atoms with Gasteiger partial charge in [0, 0.05) is 11.2 Å². The Morgan fingerprint density at radius 3 is 2.92 bits per heavy atom. The topological polar surface area (TPSA) is 77.6 Å². The lowest BCUT2D eigenvalue weighted by molar-refractivity contribution is -0.119. The third-order valence-corrected chi connectivity index (χ3v) is 4.39. The summed E-state index contributed by atoms with van der Waals surface area (Å²) in [5.74, 6) is -0.736. The molecule has 0 radical (unpaired) electrons. The van der Waals surface area contributed by atoms with Crippen molar-refractivity contribution in [2.45, 2.75) is 20.0 Å². The van der Waals surface area contributed by atoms with Crippen molar-refractivity contribution in [1.82, 2.24) is 24.5 Å². The van der Waals surface area contributed by atoms with E-state index in [1.807, 2.05) is 0 Å². The number of carbonyl (C=O) groups excluding carboxylic acids is 1. The van der Waals surface area contributed by atoms with Crippen LogP contribution >= 0.6 is 27.5 Å². The number of anilines is 1. The molecule has 2 aromatic heterocycles. The lowest BCUT2D eigenvalue weighted by Gasteiger charge is -2.10. The van der Waals surface area contributed by atoms with E-state index in [0.717, 1.165) is 4.47 Å². The average Bonchev–Trinajstić information content (AvgIpc) is 3.19. The summed E-state index contributed by atoms with van der Waals surface area (Å²) < 4.78 is 17.1. The van der Waals surface area contributed by atoms with Gasteiger partial charge in [-0.1, -0.05) is 24.6 Å². The van der Waals surface area contributed by atoms with E-state index in [-0.39, 0.29) is 17.8 Å². The monoisotopic (exact) mass is 440 g/mol. The van der Waals surface area contributed by atoms with E-state index < -0.39 is 5.82 Å². The average molecular weight is 442 g/mol. The Morgan fingerprint density at radius 1 is 1.42 bits per heavy atom. The molecule has 26 heavy (non-hydrogen) atoms. The molecule has 0 aliphatic carbocycles. The number of hydrogen-bond donors (Lipinski definition) is 1. The van der Waals surface area contributed by atoms with Gasteiger partial charge < -0.3 is 0 Å². The van der Waals surface area contributed by atoms with E-state index in [4.69, 9.17) is 11.6 Å². The van der Waals surface area contributed by atoms with Crippen LogP contribution in [0.25, 0.3) is 0 Å². The third kappa shape index (κ3) is 4.67. The summed E-state index contributed by atoms with van der Waals surface area (Å²) in [6, 6.07) is 4.16. The highest BCUT2D eigenvalue weighted by atomic mass is 79.9. The molecule has 0 fully saturated rings. The predicted octanol–water partition coefficient (Wildman–Crippen LogP) is 3.35. The van der Waals surface area contributed by atoms with Crippen molar-refractivity contribution < 1.29 is 9.18 Å². The van der Waals surface area contributed by atoms with Gasteiger partial charge in [-0.2, -0.15) is 5.10 Å². The largest absolute Gasteiger partial charge is 0.293 e. The molecule has 2 heterocycles. The van der Waals surface area contributed by atoms with Crippen LogP contribution in [-0.4, -0.2) is 30.5 Å². The molecular formula is C16H15BrClFN6O. The minimum atomic E-state index is -0.400. The first-order chi connectivity index (χ1) is 12.4. The number of hydrogen-bond acceptors (Lipinski definition) is 4. The molecule has 0 saturated carbocycles. The van der Waals surface area contributed by atoms with Gasteiger partial charge in [0.1, 0.15) is 12.1 Å². The lowest BCUT2D eigenvalue weighted by atomic mass is 10.1. The first-order valence-electron chi connectivity index (χ1n) is 7.73. The van der Waals surface area contributed by atoms with Crippen molar-refractivity contribution in [2.75, 3.05) is 5.32 Å². The molecule has 1 aromatic carbocycles. The number of rotatable bonds is 6. The van der Waals surface area contributed by atoms with E-state index in [2.05, 4.69) is 36.4 Å². The van der Waals surface area contributed by atoms with E-state index >= 15 is 0 Å². The minimum absolute atomic E-state index is 0.196. The SMILES string of the molecule is CC(Cn1cc(Br)cn1)C(=O)Nc1ncn(Cc2ccc(F)cc2Cl)n1. The van der Waals surface area contributed by atoms with Crippen LogP contribution in [0.2, 0.25) is 5.02 Å². The number of nitrogens with zero attached hydrogens (tertiary/aromatic N) is 5. The van der Waals surface area contributed by atoms with Gasteiger partial charge in [0.05, 0.1) is 29.7 Å². The highest BCUT2D eigenvalue weighted by Gasteiger charge is 2.16. The molecule has 0 bridgehead atoms. The highest BCUT2D eigenvalue weighted by molar-refractivity contribution is 9.10. The molecule has 3 rings (SSSR count). The second-order valence-corrected chi connectivity index (χ2v) is 7.10. The fourth-order valence-corrected chi connectivity index (χ4v) is 2.84. The van der Waals surface area contributed by atoms with Crippen LogP contribution in [0.3, 0.4) is 0 Å². The maximum absolute atomic E-state index is 13.1. The summed E-state index contributed by atoms with van der Waals surface area (Å²) in [6.45, 7) is 2.54. The standard InChI is InChI=1S/C16H15BrClFN6O/c1-10(6-24-8-12(17)5-21-24)15(26)22-16-20-9-25(23-16)7-11-2-3-13(19)4-14(11)18/h2-5,8-10H,6-7H2,1H3,(H,22,23,26). The van der Waals surface area contributed by atoms with Crippen molar-refractivity contribution in [3.05, 3.63) is 57.8 Å². The fourth-order valence-electron chi connectivity index (χ4n) is 2.29. The van der Waals surface area contributed by atoms with Crippen LogP contribution in [0.4, 0.5) is 10.3 Å². The van der Waals surface area contributed by atoms with E-state index in [1.54, 1.807) is 30.1 Å². The molecule has 136 valence electrons. The van der Waals surface area contributed by atoms with E-state index in [9.17, 15) is 9.18 Å². The number of aromatic nitrogens is 5. The fraction of sp³-hybridized carbons (Fsp3) is 0.250. The Hall–Kier alpha value is -2.26. The van der Waals surface area contributed by atoms with Gasteiger partial charge in [-0.15, -0.1) is 5.10 Å². The number of carbonyl (C=O) groups is 1. The molecule has 0 saturated heterocycles. The molecule has 0 aliphatic rings. The highest BCUT2D eigenvalue weighted by Crippen LogP contribution is 2.18. The maximum Gasteiger partial charge on any atom is 0.248 e. The van der Waals surface area contributed by atoms with Gasteiger partial charge in [0.15, 0.2) is 0 Å². The second kappa shape index (κ2) is 7.96. The van der Waals surface area contributed by atoms with E-state index in [0.29, 0.717) is 23.7 Å². The maximum atomic E-state index is 13.1. The zero-order chi connectivity index (χ0) is 18.7. The second-order valence-electron chi connectivity index (χ2n) is 5.77. The van der Waals surface area contributed by atoms with Gasteiger partial charge in [-0.05, 0) is 33.6 Å². The van der Waals surface area contributed by atoms with Crippen molar-refractivity contribution in [3.63, 3.8) is 0 Å². The van der Waals surface area contributed by atoms with Crippen LogP contribution in [0.1, 0.15) is 12.5 Å². The summed E-state index contributed by atoms with van der Waals surface area (Å²) in [5, 5.41) is 11.3. The van der Waals surface area contributed by atoms with E-state index in [1.165, 1.54) is 23.1 Å². The first kappa shape index (κ1) is 18.5. The predicted molar refractivity (Wildman–Crippen MR) is 98.3 cm³/mol. The van der Waals surface area contributed by atoms with Gasteiger partial charge >= 0.3 is 0 Å². The number of benzene rings is 1. The molecule has 3 aromatic rings. The Balaban J connectivity index is 1.59. The Morgan fingerprint density at radius 2 is 2.23 bits per heavy atom. The van der Waals surface area contributed by atoms with Crippen LogP contribution in [0, 0.1) is 11.7 Å². The van der Waals surface area contributed by atoms with Crippen LogP contribution in [-0.2, 0) is 17.9 Å². The zero-order valence-corrected chi connectivity index (χ0v) is 16.1. The smallest absolute Gasteiger partial charge is 0.248 e. The summed E-state index contributed by atoms with van der Waals surface area (Å²) in [5.41, 5.74) is 0.702. The molecule has 1 unspecified atom stereocenters. The van der Waals surface area contributed by atoms with Gasteiger partial charge in [-0.3, -0.25) is 14.8 Å². The van der Waals surface area contributed by atoms with Gasteiger partial charge in [0.25, 0.3) is 0 Å². The van der Waals surface area contributed by atoms with Crippen LogP contribution in [0.5, 0.6) is 0 Å². The van der Waals surface area contributed by atoms with Crippen molar-refractivity contribution in [2.24, 2.45) is 5.92 Å². The Bertz CT molecular complexity index is 927. The first-order valence-corrected chi connectivity index (χ1v) is 8.90. The minimum Gasteiger partial charge on any atom is -0.293 e. The molecule has 1 atom stereocenters. The molecule has 10 heteroatoms. The van der Waals surface area contributed by atoms with Crippen molar-refractivity contribution >= 4 is 39.4 Å². The summed E-state index contributed by atoms with van der Waals surface area (Å²) in [6.07, 6.45) is 4.93. The molecular weight excluding hydrogens is 427 g/mol. The number of halogens is 3. The molecule has 7 nitrogen and oxygen atoms in total. The third-order valence-electron chi connectivity index (χ3n) is 3.63. The van der Waals surface area contributed by atoms with Gasteiger partial charge in [-0.25, -0.2) is 14.1 Å². The summed E-state index contributed by atoms with van der Waals surface area (Å²) in [4.78, 5) is 16.3. The molecule has 1 N–H and O–H groups in total. The summed E-state index contributed by atoms with van der Waals surface area (Å²) >= 11 is 9.32. The summed E-state index contributed by atoms with van der Waals surface area (Å²) in [7, 11) is 0. The van der Waals surface area contributed by atoms with Gasteiger partial charge in [0.2, 0.25) is 11.9 Å². The molecule has 1 amide bonds. The van der Waals surface area contributed by atoms with Crippen LogP contribution < -0.4 is 5.32 Å². The van der Waals surface area contributed by atoms with Crippen molar-refractivity contribution in [1.29, 1.82) is 0 Å². The zero-order valence-electron chi connectivity index (χ0n) is 13.7. The lowest BCUT2D eigenvalue weighted by Crippen LogP contribution is -2.25.